The Morgan fingerprint density at radius 2 is 2.04 bits per heavy atom. The Bertz CT molecular complexity index is 805. The standard InChI is InChI=1S/C18H17FO4S/c1-3-5-6-10-15(20)23-11-12-16-13(19)8-7-9-14(16)24-17(12)18(21)22-4-2/h3,5-10H,4,11H2,1-2H3/b5-3+,10-6+. The normalized spacial score (nSPS) is 11.5. The van der Waals surface area contributed by atoms with Crippen molar-refractivity contribution in [1.29, 1.82) is 0 Å². The maximum Gasteiger partial charge on any atom is 0.348 e. The van der Waals surface area contributed by atoms with Gasteiger partial charge in [-0.15, -0.1) is 11.3 Å². The average Bonchev–Trinajstić information content (AvgIpc) is 2.93. The van der Waals surface area contributed by atoms with E-state index in [1.54, 1.807) is 37.3 Å². The molecule has 0 aliphatic rings. The van der Waals surface area contributed by atoms with Gasteiger partial charge in [0.05, 0.1) is 6.61 Å². The highest BCUT2D eigenvalue weighted by Crippen LogP contribution is 2.34. The monoisotopic (exact) mass is 348 g/mol. The van der Waals surface area contributed by atoms with Crippen LogP contribution in [-0.4, -0.2) is 18.5 Å². The smallest absolute Gasteiger partial charge is 0.348 e. The topological polar surface area (TPSA) is 52.6 Å². The van der Waals surface area contributed by atoms with Crippen LogP contribution in [0.1, 0.15) is 29.1 Å². The van der Waals surface area contributed by atoms with Gasteiger partial charge in [0, 0.05) is 21.7 Å². The Morgan fingerprint density at radius 1 is 1.25 bits per heavy atom. The third-order valence-corrected chi connectivity index (χ3v) is 4.30. The third kappa shape index (κ3) is 4.08. The Kier molecular flexibility index (Phi) is 6.26. The van der Waals surface area contributed by atoms with E-state index in [4.69, 9.17) is 9.47 Å². The van der Waals surface area contributed by atoms with Crippen molar-refractivity contribution < 1.29 is 23.5 Å². The second-order valence-corrected chi connectivity index (χ2v) is 5.79. The van der Waals surface area contributed by atoms with E-state index in [2.05, 4.69) is 0 Å². The quantitative estimate of drug-likeness (QED) is 0.441. The van der Waals surface area contributed by atoms with Gasteiger partial charge in [-0.05, 0) is 26.0 Å². The second kappa shape index (κ2) is 8.40. The Hall–Kier alpha value is -2.47. The molecule has 24 heavy (non-hydrogen) atoms. The fourth-order valence-electron chi connectivity index (χ4n) is 2.10. The van der Waals surface area contributed by atoms with Crippen LogP contribution in [0.3, 0.4) is 0 Å². The summed E-state index contributed by atoms with van der Waals surface area (Å²) in [6, 6.07) is 4.59. The summed E-state index contributed by atoms with van der Waals surface area (Å²) < 4.78 is 24.9. The van der Waals surface area contributed by atoms with Crippen LogP contribution in [-0.2, 0) is 20.9 Å². The van der Waals surface area contributed by atoms with Gasteiger partial charge in [0.2, 0.25) is 0 Å². The number of halogens is 1. The van der Waals surface area contributed by atoms with E-state index in [9.17, 15) is 14.0 Å². The zero-order chi connectivity index (χ0) is 17.5. The molecule has 0 atom stereocenters. The molecule has 6 heteroatoms. The number of rotatable bonds is 6. The number of carbonyl (C=O) groups excluding carboxylic acids is 2. The van der Waals surface area contributed by atoms with Crippen molar-refractivity contribution in [3.8, 4) is 0 Å². The molecule has 0 amide bonds. The van der Waals surface area contributed by atoms with Crippen molar-refractivity contribution in [3.63, 3.8) is 0 Å². The lowest BCUT2D eigenvalue weighted by molar-refractivity contribution is -0.138. The highest BCUT2D eigenvalue weighted by atomic mass is 32.1. The van der Waals surface area contributed by atoms with Gasteiger partial charge in [-0.2, -0.15) is 0 Å². The van der Waals surface area contributed by atoms with Crippen LogP contribution in [0.25, 0.3) is 10.1 Å². The number of thiophene rings is 1. The molecule has 0 radical (unpaired) electrons. The van der Waals surface area contributed by atoms with Crippen molar-refractivity contribution in [2.45, 2.75) is 20.5 Å². The molecule has 2 aromatic rings. The average molecular weight is 348 g/mol. The van der Waals surface area contributed by atoms with Gasteiger partial charge in [-0.25, -0.2) is 14.0 Å². The molecular weight excluding hydrogens is 331 g/mol. The second-order valence-electron chi connectivity index (χ2n) is 4.74. The molecule has 126 valence electrons. The summed E-state index contributed by atoms with van der Waals surface area (Å²) in [6.07, 6.45) is 6.26. The third-order valence-electron chi connectivity index (χ3n) is 3.12. The van der Waals surface area contributed by atoms with E-state index in [-0.39, 0.29) is 23.5 Å². The zero-order valence-electron chi connectivity index (χ0n) is 13.4. The first-order valence-corrected chi connectivity index (χ1v) is 8.23. The van der Waals surface area contributed by atoms with Gasteiger partial charge in [0.1, 0.15) is 17.3 Å². The first-order valence-electron chi connectivity index (χ1n) is 7.41. The Balaban J connectivity index is 2.34. The fraction of sp³-hybridized carbons (Fsp3) is 0.222. The highest BCUT2D eigenvalue weighted by molar-refractivity contribution is 7.21. The van der Waals surface area contributed by atoms with Crippen molar-refractivity contribution >= 4 is 33.4 Å². The van der Waals surface area contributed by atoms with Gasteiger partial charge in [-0.3, -0.25) is 0 Å². The molecule has 0 aliphatic carbocycles. The molecule has 1 aromatic heterocycles. The number of allylic oxidation sites excluding steroid dienone is 3. The van der Waals surface area contributed by atoms with E-state index < -0.39 is 17.8 Å². The lowest BCUT2D eigenvalue weighted by Crippen LogP contribution is -2.08. The first-order chi connectivity index (χ1) is 11.6. The van der Waals surface area contributed by atoms with Crippen LogP contribution >= 0.6 is 11.3 Å². The molecule has 0 spiro atoms. The van der Waals surface area contributed by atoms with Crippen LogP contribution in [0.2, 0.25) is 0 Å². The molecule has 0 bridgehead atoms. The summed E-state index contributed by atoms with van der Waals surface area (Å²) in [6.45, 7) is 3.52. The van der Waals surface area contributed by atoms with Crippen molar-refractivity contribution in [2.75, 3.05) is 6.61 Å². The van der Waals surface area contributed by atoms with Crippen LogP contribution in [0, 0.1) is 5.82 Å². The number of carbonyl (C=O) groups is 2. The van der Waals surface area contributed by atoms with Crippen molar-refractivity contribution in [2.24, 2.45) is 0 Å². The maximum atomic E-state index is 14.2. The number of hydrogen-bond acceptors (Lipinski definition) is 5. The lowest BCUT2D eigenvalue weighted by atomic mass is 10.1. The Morgan fingerprint density at radius 3 is 2.75 bits per heavy atom. The maximum absolute atomic E-state index is 14.2. The molecule has 2 rings (SSSR count). The van der Waals surface area contributed by atoms with E-state index in [0.717, 1.165) is 11.3 Å². The minimum atomic E-state index is -0.571. The van der Waals surface area contributed by atoms with Crippen molar-refractivity contribution in [1.82, 2.24) is 0 Å². The summed E-state index contributed by atoms with van der Waals surface area (Å²) in [5, 5.41) is 0.288. The van der Waals surface area contributed by atoms with E-state index in [1.165, 1.54) is 12.1 Å². The molecule has 0 aliphatic heterocycles. The van der Waals surface area contributed by atoms with Gasteiger partial charge in [-0.1, -0.05) is 24.3 Å². The number of ether oxygens (including phenoxy) is 2. The van der Waals surface area contributed by atoms with E-state index in [1.807, 2.05) is 6.92 Å². The van der Waals surface area contributed by atoms with Gasteiger partial charge in [0.15, 0.2) is 0 Å². The Labute approximate surface area is 143 Å². The minimum Gasteiger partial charge on any atom is -0.462 e. The number of benzene rings is 1. The summed E-state index contributed by atoms with van der Waals surface area (Å²) >= 11 is 1.12. The molecule has 0 saturated carbocycles. The SMILES string of the molecule is C/C=C/C=C/C(=O)OCc1c(C(=O)OCC)sc2cccc(F)c12. The van der Waals surface area contributed by atoms with Gasteiger partial charge >= 0.3 is 11.9 Å². The number of esters is 2. The number of hydrogen-bond donors (Lipinski definition) is 0. The summed E-state index contributed by atoms with van der Waals surface area (Å²) in [5.74, 6) is -1.58. The van der Waals surface area contributed by atoms with Gasteiger partial charge in [0.25, 0.3) is 0 Å². The summed E-state index contributed by atoms with van der Waals surface area (Å²) in [5.41, 5.74) is 0.333. The fourth-order valence-corrected chi connectivity index (χ4v) is 3.22. The number of fused-ring (bicyclic) bond motifs is 1. The van der Waals surface area contributed by atoms with E-state index >= 15 is 0 Å². The minimum absolute atomic E-state index is 0.200. The van der Waals surface area contributed by atoms with Crippen LogP contribution in [0.4, 0.5) is 4.39 Å². The largest absolute Gasteiger partial charge is 0.462 e. The molecule has 0 fully saturated rings. The van der Waals surface area contributed by atoms with Crippen LogP contribution in [0.5, 0.6) is 0 Å². The molecule has 1 aromatic carbocycles. The van der Waals surface area contributed by atoms with Gasteiger partial charge < -0.3 is 9.47 Å². The van der Waals surface area contributed by atoms with Crippen molar-refractivity contribution in [3.05, 3.63) is 58.8 Å². The van der Waals surface area contributed by atoms with Crippen LogP contribution < -0.4 is 0 Å². The molecule has 0 N–H and O–H groups in total. The molecule has 0 unspecified atom stereocenters. The highest BCUT2D eigenvalue weighted by Gasteiger charge is 2.22. The first kappa shape index (κ1) is 17.9. The summed E-state index contributed by atoms with van der Waals surface area (Å²) in [4.78, 5) is 24.0. The predicted molar refractivity (Wildman–Crippen MR) is 91.5 cm³/mol. The lowest BCUT2D eigenvalue weighted by Gasteiger charge is -2.05. The molecule has 1 heterocycles. The molecular formula is C18H17FO4S. The molecule has 0 saturated heterocycles. The molecule has 4 nitrogen and oxygen atoms in total. The summed E-state index contributed by atoms with van der Waals surface area (Å²) in [7, 11) is 0. The van der Waals surface area contributed by atoms with Crippen LogP contribution in [0.15, 0.2) is 42.5 Å². The zero-order valence-corrected chi connectivity index (χ0v) is 14.2. The van der Waals surface area contributed by atoms with E-state index in [0.29, 0.717) is 10.3 Å². The predicted octanol–water partition coefficient (Wildman–Crippen LogP) is 4.39.